The maximum Gasteiger partial charge on any atom is 0.336 e. The van der Waals surface area contributed by atoms with Crippen LogP contribution in [-0.4, -0.2) is 20.7 Å². The molecule has 0 saturated heterocycles. The Labute approximate surface area is 165 Å². The van der Waals surface area contributed by atoms with Crippen molar-refractivity contribution in [3.8, 4) is 11.4 Å². The van der Waals surface area contributed by atoms with Crippen molar-refractivity contribution in [3.05, 3.63) is 86.1 Å². The van der Waals surface area contributed by atoms with Crippen LogP contribution in [0.4, 0.5) is 5.69 Å². The molecule has 0 atom stereocenters. The second-order valence-electron chi connectivity index (χ2n) is 6.79. The highest BCUT2D eigenvalue weighted by molar-refractivity contribution is 6.00. The number of fused-ring (bicyclic) bond motifs is 1. The van der Waals surface area contributed by atoms with Gasteiger partial charge in [-0.05, 0) is 43.7 Å². The molecule has 0 saturated carbocycles. The largest absolute Gasteiger partial charge is 0.507 e. The summed E-state index contributed by atoms with van der Waals surface area (Å²) < 4.78 is 8.55. The van der Waals surface area contributed by atoms with Crippen LogP contribution in [0.1, 0.15) is 16.8 Å². The third kappa shape index (κ3) is 3.06. The number of rotatable bonds is 3. The third-order valence-corrected chi connectivity index (χ3v) is 4.92. The number of phenolic OH excluding ortho intramolecular Hbond substituents is 1. The quantitative estimate of drug-likeness (QED) is 0.430. The molecule has 0 unspecified atom stereocenters. The molecule has 29 heavy (non-hydrogen) atoms. The number of aryl methyl sites for hydroxylation is 1. The fourth-order valence-corrected chi connectivity index (χ4v) is 3.46. The smallest absolute Gasteiger partial charge is 0.336 e. The van der Waals surface area contributed by atoms with Crippen molar-refractivity contribution in [2.75, 3.05) is 0 Å². The Hall–Kier alpha value is -3.87. The monoisotopic (exact) mass is 389 g/mol. The Bertz CT molecular complexity index is 1380. The van der Waals surface area contributed by atoms with Gasteiger partial charge in [0.2, 0.25) is 0 Å². The molecule has 146 valence electrons. The molecular weight excluding hydrogens is 370 g/mol. The van der Waals surface area contributed by atoms with Gasteiger partial charge in [0.15, 0.2) is 11.3 Å². The number of phenols is 1. The molecule has 2 heterocycles. The molecule has 7 nitrogen and oxygen atoms in total. The normalized spacial score (nSPS) is 11.6. The zero-order chi connectivity index (χ0) is 20.7. The second-order valence-corrected chi connectivity index (χ2v) is 6.79. The number of aromatic nitrogens is 2. The number of hydrogen-bond donors (Lipinski definition) is 1. The zero-order valence-corrected chi connectivity index (χ0v) is 16.2. The van der Waals surface area contributed by atoms with Gasteiger partial charge in [-0.25, -0.2) is 14.5 Å². The number of para-hydroxylation sites is 1. The van der Waals surface area contributed by atoms with Gasteiger partial charge >= 0.3 is 5.63 Å². The lowest BCUT2D eigenvalue weighted by Crippen LogP contribution is -2.18. The van der Waals surface area contributed by atoms with Crippen molar-refractivity contribution in [3.63, 3.8) is 0 Å². The fourth-order valence-electron chi connectivity index (χ4n) is 3.46. The molecule has 0 fully saturated rings. The van der Waals surface area contributed by atoms with E-state index in [4.69, 9.17) is 4.42 Å². The molecule has 1 N–H and O–H groups in total. The minimum absolute atomic E-state index is 0.0908. The molecule has 0 aliphatic heterocycles. The van der Waals surface area contributed by atoms with E-state index in [0.717, 1.165) is 11.3 Å². The van der Waals surface area contributed by atoms with E-state index in [2.05, 4.69) is 4.99 Å². The topological polar surface area (TPSA) is 89.7 Å². The van der Waals surface area contributed by atoms with E-state index in [1.165, 1.54) is 23.0 Å². The summed E-state index contributed by atoms with van der Waals surface area (Å²) in [6, 6.07) is 14.1. The molecule has 0 amide bonds. The van der Waals surface area contributed by atoms with E-state index in [9.17, 15) is 14.7 Å². The van der Waals surface area contributed by atoms with Crippen molar-refractivity contribution in [2.24, 2.45) is 12.0 Å². The lowest BCUT2D eigenvalue weighted by Gasteiger charge is -2.09. The molecular formula is C22H19N3O4. The van der Waals surface area contributed by atoms with Crippen LogP contribution in [0.15, 0.2) is 67.5 Å². The first-order valence-electron chi connectivity index (χ1n) is 9.03. The molecule has 4 rings (SSSR count). The van der Waals surface area contributed by atoms with Gasteiger partial charge in [0, 0.05) is 24.7 Å². The molecule has 0 bridgehead atoms. The van der Waals surface area contributed by atoms with E-state index in [0.29, 0.717) is 11.1 Å². The molecule has 0 spiro atoms. The van der Waals surface area contributed by atoms with Crippen LogP contribution in [0.3, 0.4) is 0 Å². The summed E-state index contributed by atoms with van der Waals surface area (Å²) in [5.74, 6) is -0.0908. The van der Waals surface area contributed by atoms with Gasteiger partial charge in [-0.1, -0.05) is 18.2 Å². The van der Waals surface area contributed by atoms with Crippen LogP contribution in [0.25, 0.3) is 16.7 Å². The third-order valence-electron chi connectivity index (χ3n) is 4.92. The highest BCUT2D eigenvalue weighted by Crippen LogP contribution is 2.27. The van der Waals surface area contributed by atoms with Crippen molar-refractivity contribution >= 4 is 22.9 Å². The maximum absolute atomic E-state index is 12.8. The number of benzene rings is 2. The fraction of sp³-hybridized carbons (Fsp3) is 0.136. The highest BCUT2D eigenvalue weighted by atomic mass is 16.4. The lowest BCUT2D eigenvalue weighted by atomic mass is 10.1. The number of hydrogen-bond acceptors (Lipinski definition) is 5. The Morgan fingerprint density at radius 2 is 1.79 bits per heavy atom. The highest BCUT2D eigenvalue weighted by Gasteiger charge is 2.16. The van der Waals surface area contributed by atoms with Gasteiger partial charge in [-0.2, -0.15) is 0 Å². The average Bonchev–Trinajstić information content (AvgIpc) is 2.90. The van der Waals surface area contributed by atoms with Crippen LogP contribution in [0.5, 0.6) is 5.75 Å². The van der Waals surface area contributed by atoms with Crippen LogP contribution >= 0.6 is 0 Å². The van der Waals surface area contributed by atoms with Crippen LogP contribution < -0.4 is 11.2 Å². The Morgan fingerprint density at radius 1 is 1.07 bits per heavy atom. The Balaban J connectivity index is 1.89. The number of aliphatic imine (C=N–C) groups is 1. The minimum atomic E-state index is -0.516. The molecule has 7 heteroatoms. The molecule has 4 aromatic rings. The van der Waals surface area contributed by atoms with Crippen molar-refractivity contribution in [2.45, 2.75) is 13.8 Å². The van der Waals surface area contributed by atoms with Gasteiger partial charge in [0.05, 0.1) is 16.9 Å². The van der Waals surface area contributed by atoms with Crippen molar-refractivity contribution in [1.29, 1.82) is 0 Å². The van der Waals surface area contributed by atoms with Gasteiger partial charge in [0.1, 0.15) is 5.75 Å². The lowest BCUT2D eigenvalue weighted by molar-refractivity contribution is 0.472. The van der Waals surface area contributed by atoms with Gasteiger partial charge in [0.25, 0.3) is 5.56 Å². The van der Waals surface area contributed by atoms with E-state index in [1.54, 1.807) is 31.6 Å². The molecule has 0 radical (unpaired) electrons. The van der Waals surface area contributed by atoms with E-state index in [-0.39, 0.29) is 28.1 Å². The van der Waals surface area contributed by atoms with Crippen molar-refractivity contribution in [1.82, 2.24) is 9.36 Å². The van der Waals surface area contributed by atoms with Crippen LogP contribution in [-0.2, 0) is 7.05 Å². The Kier molecular flexibility index (Phi) is 4.43. The van der Waals surface area contributed by atoms with Gasteiger partial charge in [-0.15, -0.1) is 0 Å². The summed E-state index contributed by atoms with van der Waals surface area (Å²) in [6.45, 7) is 3.59. The van der Waals surface area contributed by atoms with Crippen molar-refractivity contribution < 1.29 is 9.52 Å². The SMILES string of the molecule is Cc1cc(=O)oc2c(C=Nc3c(C)n(-c4ccccc4)n(C)c3=O)c(O)ccc12. The van der Waals surface area contributed by atoms with Crippen LogP contribution in [0, 0.1) is 13.8 Å². The molecule has 2 aromatic carbocycles. The van der Waals surface area contributed by atoms with Gasteiger partial charge < -0.3 is 9.52 Å². The molecule has 0 aliphatic rings. The summed E-state index contributed by atoms with van der Waals surface area (Å²) in [4.78, 5) is 28.9. The Morgan fingerprint density at radius 3 is 2.52 bits per heavy atom. The number of nitrogens with zero attached hydrogens (tertiary/aromatic N) is 3. The predicted molar refractivity (Wildman–Crippen MR) is 112 cm³/mol. The summed E-state index contributed by atoms with van der Waals surface area (Å²) in [5, 5.41) is 11.0. The van der Waals surface area contributed by atoms with E-state index >= 15 is 0 Å². The predicted octanol–water partition coefficient (Wildman–Crippen LogP) is 3.36. The zero-order valence-electron chi connectivity index (χ0n) is 16.2. The van der Waals surface area contributed by atoms with E-state index < -0.39 is 5.63 Å². The van der Waals surface area contributed by atoms with Gasteiger partial charge in [-0.3, -0.25) is 9.48 Å². The second kappa shape index (κ2) is 6.94. The summed E-state index contributed by atoms with van der Waals surface area (Å²) in [6.07, 6.45) is 1.36. The first-order valence-corrected chi connectivity index (χ1v) is 9.03. The first-order chi connectivity index (χ1) is 13.9. The number of aromatic hydroxyl groups is 1. The standard InChI is InChI=1S/C22H19N3O4/c1-13-11-19(27)29-21-16(13)9-10-18(26)17(21)12-23-20-14(2)25(24(3)22(20)28)15-7-5-4-6-8-15/h4-12,26H,1-3H3. The van der Waals surface area contributed by atoms with Crippen LogP contribution in [0.2, 0.25) is 0 Å². The molecule has 2 aromatic heterocycles. The minimum Gasteiger partial charge on any atom is -0.507 e. The summed E-state index contributed by atoms with van der Waals surface area (Å²) >= 11 is 0. The summed E-state index contributed by atoms with van der Waals surface area (Å²) in [5.41, 5.74) is 2.14. The maximum atomic E-state index is 12.8. The van der Waals surface area contributed by atoms with E-state index in [1.807, 2.05) is 30.3 Å². The first kappa shape index (κ1) is 18.5. The molecule has 0 aliphatic carbocycles. The average molecular weight is 389 g/mol. The summed E-state index contributed by atoms with van der Waals surface area (Å²) in [7, 11) is 1.67.